The predicted octanol–water partition coefficient (Wildman–Crippen LogP) is 3.97. The van der Waals surface area contributed by atoms with Crippen LogP contribution in [0, 0.1) is 23.7 Å². The molecule has 1 aliphatic carbocycles. The number of halogens is 1. The van der Waals surface area contributed by atoms with Crippen molar-refractivity contribution in [1.82, 2.24) is 14.9 Å². The van der Waals surface area contributed by atoms with E-state index < -0.39 is 0 Å². The molecule has 0 radical (unpaired) electrons. The molecular weight excluding hydrogens is 376 g/mol. The maximum absolute atomic E-state index is 4.38. The summed E-state index contributed by atoms with van der Waals surface area (Å²) in [6.07, 6.45) is 12.7. The fraction of sp³-hybridized carbons (Fsp3) is 0.700. The van der Waals surface area contributed by atoms with Crippen molar-refractivity contribution < 1.29 is 0 Å². The Balaban J connectivity index is 1.39. The van der Waals surface area contributed by atoms with Gasteiger partial charge in [0.05, 0.1) is 11.0 Å². The fourth-order valence-electron chi connectivity index (χ4n) is 3.88. The van der Waals surface area contributed by atoms with Crippen LogP contribution in [0.2, 0.25) is 0 Å². The van der Waals surface area contributed by atoms with Crippen LogP contribution in [0.15, 0.2) is 16.9 Å². The highest BCUT2D eigenvalue weighted by molar-refractivity contribution is 9.10. The molecule has 2 heterocycles. The van der Waals surface area contributed by atoms with E-state index in [0.717, 1.165) is 29.4 Å². The number of piperidine rings is 1. The van der Waals surface area contributed by atoms with Crippen LogP contribution in [-0.4, -0.2) is 48.1 Å². The van der Waals surface area contributed by atoms with E-state index in [2.05, 4.69) is 54.6 Å². The van der Waals surface area contributed by atoms with Crippen LogP contribution in [0.3, 0.4) is 0 Å². The number of nitrogens with zero attached hydrogens (tertiary/aromatic N) is 4. The van der Waals surface area contributed by atoms with Gasteiger partial charge in [0.2, 0.25) is 5.95 Å². The molecule has 1 saturated carbocycles. The summed E-state index contributed by atoms with van der Waals surface area (Å²) in [5, 5.41) is 0. The first-order chi connectivity index (χ1) is 12.2. The summed E-state index contributed by atoms with van der Waals surface area (Å²) < 4.78 is 0.924. The van der Waals surface area contributed by atoms with Gasteiger partial charge in [-0.2, -0.15) is 0 Å². The topological polar surface area (TPSA) is 32.3 Å². The summed E-state index contributed by atoms with van der Waals surface area (Å²) in [5.74, 6) is 9.15. The third-order valence-corrected chi connectivity index (χ3v) is 5.79. The Morgan fingerprint density at radius 1 is 1.12 bits per heavy atom. The minimum atomic E-state index is 0.607. The second-order valence-electron chi connectivity index (χ2n) is 7.46. The highest BCUT2D eigenvalue weighted by atomic mass is 79.9. The van der Waals surface area contributed by atoms with Gasteiger partial charge in [0.1, 0.15) is 0 Å². The first-order valence-electron chi connectivity index (χ1n) is 9.60. The summed E-state index contributed by atoms with van der Waals surface area (Å²) in [5.41, 5.74) is 0. The molecular formula is C20H29BrN4. The standard InChI is InChI=1S/C20H29BrN4/c1-24(20-22-14-19(21)15-23-20)16-18-9-7-17(8-10-18)6-5-13-25-11-3-2-4-12-25/h14-15,17-18H,2-4,7-13,16H2,1H3/t17-,18-. The molecule has 1 aliphatic heterocycles. The molecule has 2 aliphatic rings. The molecule has 0 atom stereocenters. The van der Waals surface area contributed by atoms with Gasteiger partial charge in [0.15, 0.2) is 0 Å². The maximum Gasteiger partial charge on any atom is 0.225 e. The Morgan fingerprint density at radius 2 is 1.80 bits per heavy atom. The van der Waals surface area contributed by atoms with Gasteiger partial charge in [-0.15, -0.1) is 0 Å². The van der Waals surface area contributed by atoms with Crippen LogP contribution < -0.4 is 4.90 Å². The molecule has 0 amide bonds. The van der Waals surface area contributed by atoms with E-state index in [4.69, 9.17) is 0 Å². The van der Waals surface area contributed by atoms with Crippen molar-refractivity contribution in [3.63, 3.8) is 0 Å². The zero-order valence-electron chi connectivity index (χ0n) is 15.3. The van der Waals surface area contributed by atoms with E-state index in [9.17, 15) is 0 Å². The summed E-state index contributed by atoms with van der Waals surface area (Å²) in [6, 6.07) is 0. The van der Waals surface area contributed by atoms with Crippen molar-refractivity contribution >= 4 is 21.9 Å². The second-order valence-corrected chi connectivity index (χ2v) is 8.37. The van der Waals surface area contributed by atoms with Gasteiger partial charge >= 0.3 is 0 Å². The van der Waals surface area contributed by atoms with Gasteiger partial charge in [-0.05, 0) is 73.5 Å². The minimum absolute atomic E-state index is 0.607. The number of rotatable bonds is 4. The molecule has 2 fully saturated rings. The van der Waals surface area contributed by atoms with Crippen LogP contribution >= 0.6 is 15.9 Å². The maximum atomic E-state index is 4.38. The molecule has 5 heteroatoms. The largest absolute Gasteiger partial charge is 0.344 e. The van der Waals surface area contributed by atoms with E-state index in [1.165, 1.54) is 58.0 Å². The van der Waals surface area contributed by atoms with Crippen LogP contribution in [0.5, 0.6) is 0 Å². The van der Waals surface area contributed by atoms with Crippen molar-refractivity contribution in [2.45, 2.75) is 44.9 Å². The molecule has 0 spiro atoms. The number of hydrogen-bond acceptors (Lipinski definition) is 4. The average Bonchev–Trinajstić information content (AvgIpc) is 2.64. The van der Waals surface area contributed by atoms with Gasteiger partial charge < -0.3 is 4.90 Å². The zero-order valence-corrected chi connectivity index (χ0v) is 16.8. The Labute approximate surface area is 160 Å². The molecule has 25 heavy (non-hydrogen) atoms. The monoisotopic (exact) mass is 404 g/mol. The van der Waals surface area contributed by atoms with Crippen molar-refractivity contribution in [3.05, 3.63) is 16.9 Å². The average molecular weight is 405 g/mol. The second kappa shape index (κ2) is 9.54. The zero-order chi connectivity index (χ0) is 17.5. The Bertz CT molecular complexity index is 578. The lowest BCUT2D eigenvalue weighted by Gasteiger charge is -2.29. The van der Waals surface area contributed by atoms with E-state index in [-0.39, 0.29) is 0 Å². The molecule has 0 aromatic carbocycles. The quantitative estimate of drug-likeness (QED) is 0.710. The van der Waals surface area contributed by atoms with Crippen LogP contribution in [0.4, 0.5) is 5.95 Å². The van der Waals surface area contributed by atoms with Crippen molar-refractivity contribution in [2.24, 2.45) is 11.8 Å². The SMILES string of the molecule is CN(C[C@H]1CC[C@H](C#CCN2CCCCC2)CC1)c1ncc(Br)cn1. The van der Waals surface area contributed by atoms with E-state index in [1.54, 1.807) is 0 Å². The van der Waals surface area contributed by atoms with Gasteiger partial charge in [-0.25, -0.2) is 9.97 Å². The van der Waals surface area contributed by atoms with Gasteiger partial charge in [-0.1, -0.05) is 18.3 Å². The van der Waals surface area contributed by atoms with Crippen molar-refractivity contribution in [3.8, 4) is 11.8 Å². The normalized spacial score (nSPS) is 24.4. The Kier molecular flexibility index (Phi) is 7.12. The first kappa shape index (κ1) is 18.7. The summed E-state index contributed by atoms with van der Waals surface area (Å²) in [7, 11) is 2.09. The van der Waals surface area contributed by atoms with Gasteiger partial charge in [0, 0.05) is 31.9 Å². The lowest BCUT2D eigenvalue weighted by atomic mass is 9.82. The molecule has 1 aromatic heterocycles. The van der Waals surface area contributed by atoms with Crippen LogP contribution in [0.1, 0.15) is 44.9 Å². The van der Waals surface area contributed by atoms with Crippen LogP contribution in [-0.2, 0) is 0 Å². The summed E-state index contributed by atoms with van der Waals surface area (Å²) >= 11 is 3.39. The molecule has 3 rings (SSSR count). The van der Waals surface area contributed by atoms with Crippen molar-refractivity contribution in [2.75, 3.05) is 38.1 Å². The lowest BCUT2D eigenvalue weighted by Crippen LogP contribution is -2.30. The third kappa shape index (κ3) is 5.97. The smallest absolute Gasteiger partial charge is 0.225 e. The summed E-state index contributed by atoms with van der Waals surface area (Å²) in [4.78, 5) is 13.5. The molecule has 0 bridgehead atoms. The predicted molar refractivity (Wildman–Crippen MR) is 107 cm³/mol. The first-order valence-corrected chi connectivity index (χ1v) is 10.4. The third-order valence-electron chi connectivity index (χ3n) is 5.38. The number of anilines is 1. The number of likely N-dealkylation sites (tertiary alicyclic amines) is 1. The highest BCUT2D eigenvalue weighted by Crippen LogP contribution is 2.29. The molecule has 4 nitrogen and oxygen atoms in total. The van der Waals surface area contributed by atoms with Crippen LogP contribution in [0.25, 0.3) is 0 Å². The lowest BCUT2D eigenvalue weighted by molar-refractivity contribution is 0.254. The van der Waals surface area contributed by atoms with Gasteiger partial charge in [0.25, 0.3) is 0 Å². The number of aromatic nitrogens is 2. The number of hydrogen-bond donors (Lipinski definition) is 0. The molecule has 1 saturated heterocycles. The van der Waals surface area contributed by atoms with E-state index in [0.29, 0.717) is 5.92 Å². The Hall–Kier alpha value is -1.12. The fourth-order valence-corrected chi connectivity index (χ4v) is 4.08. The van der Waals surface area contributed by atoms with E-state index >= 15 is 0 Å². The van der Waals surface area contributed by atoms with E-state index in [1.807, 2.05) is 12.4 Å². The van der Waals surface area contributed by atoms with Gasteiger partial charge in [-0.3, -0.25) is 4.90 Å². The minimum Gasteiger partial charge on any atom is -0.344 e. The van der Waals surface area contributed by atoms with Crippen molar-refractivity contribution in [1.29, 1.82) is 0 Å². The highest BCUT2D eigenvalue weighted by Gasteiger charge is 2.21. The summed E-state index contributed by atoms with van der Waals surface area (Å²) in [6.45, 7) is 4.50. The Morgan fingerprint density at radius 3 is 2.48 bits per heavy atom. The molecule has 136 valence electrons. The molecule has 0 N–H and O–H groups in total. The molecule has 0 unspecified atom stereocenters. The molecule has 1 aromatic rings.